The van der Waals surface area contributed by atoms with Gasteiger partial charge < -0.3 is 15.0 Å². The molecule has 160 valence electrons. The van der Waals surface area contributed by atoms with E-state index in [0.29, 0.717) is 17.1 Å². The van der Waals surface area contributed by atoms with Crippen LogP contribution in [0, 0.1) is 0 Å². The van der Waals surface area contributed by atoms with Crippen LogP contribution in [-0.4, -0.2) is 37.9 Å². The molecule has 0 saturated carbocycles. The summed E-state index contributed by atoms with van der Waals surface area (Å²) in [5.74, 6) is -0.202. The van der Waals surface area contributed by atoms with Crippen molar-refractivity contribution in [2.24, 2.45) is 0 Å². The van der Waals surface area contributed by atoms with E-state index in [1.54, 1.807) is 29.6 Å². The lowest BCUT2D eigenvalue weighted by atomic mass is 10.1. The normalized spacial score (nSPS) is 15.5. The number of hydrogen-bond donors (Lipinski definition) is 2. The van der Waals surface area contributed by atoms with E-state index in [4.69, 9.17) is 4.74 Å². The highest BCUT2D eigenvalue weighted by atomic mass is 32.2. The molecule has 2 aromatic carbocycles. The summed E-state index contributed by atoms with van der Waals surface area (Å²) in [5.41, 5.74) is 1.01. The number of sulfonamides is 1. The molecule has 3 aromatic rings. The Hall–Kier alpha value is -3.44. The Bertz CT molecular complexity index is 1210. The number of amides is 2. The number of anilines is 3. The topological polar surface area (TPSA) is 118 Å². The summed E-state index contributed by atoms with van der Waals surface area (Å²) in [5, 5.41) is 4.63. The maximum absolute atomic E-state index is 12.7. The van der Waals surface area contributed by atoms with Gasteiger partial charge in [0.15, 0.2) is 11.2 Å². The van der Waals surface area contributed by atoms with Crippen molar-refractivity contribution in [3.05, 3.63) is 60.1 Å². The molecule has 31 heavy (non-hydrogen) atoms. The summed E-state index contributed by atoms with van der Waals surface area (Å²) in [4.78, 5) is 30.2. The minimum absolute atomic E-state index is 0.0336. The van der Waals surface area contributed by atoms with Gasteiger partial charge in [-0.3, -0.25) is 14.3 Å². The number of carbonyl (C=O) groups excluding carboxylic acids is 2. The Kier molecular flexibility index (Phi) is 5.61. The first-order chi connectivity index (χ1) is 14.8. The third-order valence-electron chi connectivity index (χ3n) is 4.53. The number of nitrogens with zero attached hydrogens (tertiary/aromatic N) is 2. The molecule has 2 N–H and O–H groups in total. The summed E-state index contributed by atoms with van der Waals surface area (Å²) in [6, 6.07) is 12.7. The fraction of sp³-hybridized carbons (Fsp3) is 0.150. The average Bonchev–Trinajstić information content (AvgIpc) is 3.25. The van der Waals surface area contributed by atoms with Crippen LogP contribution in [0.25, 0.3) is 0 Å². The quantitative estimate of drug-likeness (QED) is 0.607. The van der Waals surface area contributed by atoms with E-state index >= 15 is 0 Å². The second kappa shape index (κ2) is 8.36. The van der Waals surface area contributed by atoms with Crippen molar-refractivity contribution in [3.63, 3.8) is 0 Å². The van der Waals surface area contributed by atoms with Crippen LogP contribution in [0.1, 0.15) is 6.92 Å². The molecule has 0 radical (unpaired) electrons. The van der Waals surface area contributed by atoms with Gasteiger partial charge in [0, 0.05) is 24.2 Å². The van der Waals surface area contributed by atoms with Crippen molar-refractivity contribution in [1.82, 2.24) is 4.98 Å². The Morgan fingerprint density at radius 2 is 1.90 bits per heavy atom. The van der Waals surface area contributed by atoms with Gasteiger partial charge in [0.05, 0.1) is 17.1 Å². The van der Waals surface area contributed by atoms with Crippen LogP contribution in [0.15, 0.2) is 65.0 Å². The molecule has 1 aliphatic heterocycles. The molecule has 0 bridgehead atoms. The zero-order chi connectivity index (χ0) is 22.0. The number of nitrogens with one attached hydrogen (secondary N) is 2. The van der Waals surface area contributed by atoms with Crippen molar-refractivity contribution >= 4 is 49.7 Å². The highest BCUT2D eigenvalue weighted by Crippen LogP contribution is 2.33. The number of thiazole rings is 1. The average molecular weight is 459 g/mol. The van der Waals surface area contributed by atoms with Crippen LogP contribution in [-0.2, 0) is 19.6 Å². The van der Waals surface area contributed by atoms with E-state index < -0.39 is 22.0 Å². The van der Waals surface area contributed by atoms with Gasteiger partial charge in [0.1, 0.15) is 5.75 Å². The molecule has 11 heteroatoms. The van der Waals surface area contributed by atoms with Gasteiger partial charge in [-0.25, -0.2) is 13.4 Å². The number of para-hydroxylation sites is 2. The molecular formula is C20H18N4O5S2. The Morgan fingerprint density at radius 1 is 1.16 bits per heavy atom. The van der Waals surface area contributed by atoms with Crippen LogP contribution in [0.2, 0.25) is 0 Å². The van der Waals surface area contributed by atoms with Gasteiger partial charge in [-0.1, -0.05) is 12.1 Å². The number of rotatable bonds is 5. The molecule has 0 aliphatic carbocycles. The molecule has 0 unspecified atom stereocenters. The Balaban J connectivity index is 1.46. The SMILES string of the molecule is CC(=O)N1C[C@@H](C(=O)Nc2ccc(S(=O)(=O)Nc3nccs3)cc2)Oc2ccccc21. The molecule has 1 atom stereocenters. The number of benzene rings is 2. The van der Waals surface area contributed by atoms with Gasteiger partial charge in [-0.2, -0.15) is 0 Å². The number of fused-ring (bicyclic) bond motifs is 1. The van der Waals surface area contributed by atoms with E-state index in [1.165, 1.54) is 53.6 Å². The second-order valence-corrected chi connectivity index (χ2v) is 9.24. The van der Waals surface area contributed by atoms with Gasteiger partial charge in [0.25, 0.3) is 15.9 Å². The van der Waals surface area contributed by atoms with Gasteiger partial charge in [0.2, 0.25) is 5.91 Å². The first-order valence-electron chi connectivity index (χ1n) is 9.20. The fourth-order valence-corrected chi connectivity index (χ4v) is 4.85. The monoisotopic (exact) mass is 458 g/mol. The molecule has 2 amide bonds. The standard InChI is InChI=1S/C20H18N4O5S2/c1-13(25)24-12-18(29-17-5-3-2-4-16(17)24)19(26)22-14-6-8-15(9-7-14)31(27,28)23-20-21-10-11-30-20/h2-11,18H,12H2,1H3,(H,21,23)(H,22,26)/t18-/m0/s1. The largest absolute Gasteiger partial charge is 0.476 e. The predicted molar refractivity (Wildman–Crippen MR) is 117 cm³/mol. The van der Waals surface area contributed by atoms with Crippen molar-refractivity contribution in [2.75, 3.05) is 21.5 Å². The first-order valence-corrected chi connectivity index (χ1v) is 11.6. The van der Waals surface area contributed by atoms with Gasteiger partial charge in [-0.15, -0.1) is 11.3 Å². The van der Waals surface area contributed by atoms with Crippen molar-refractivity contribution < 1.29 is 22.7 Å². The third-order valence-corrected chi connectivity index (χ3v) is 6.70. The highest BCUT2D eigenvalue weighted by Gasteiger charge is 2.32. The van der Waals surface area contributed by atoms with Crippen LogP contribution < -0.4 is 19.7 Å². The van der Waals surface area contributed by atoms with Crippen LogP contribution in [0.4, 0.5) is 16.5 Å². The zero-order valence-corrected chi connectivity index (χ0v) is 17.9. The van der Waals surface area contributed by atoms with E-state index in [1.807, 2.05) is 0 Å². The Morgan fingerprint density at radius 3 is 2.58 bits per heavy atom. The summed E-state index contributed by atoms with van der Waals surface area (Å²) < 4.78 is 33.0. The maximum atomic E-state index is 12.7. The molecule has 0 saturated heterocycles. The van der Waals surface area contributed by atoms with Crippen LogP contribution >= 0.6 is 11.3 Å². The second-order valence-electron chi connectivity index (χ2n) is 6.66. The van der Waals surface area contributed by atoms with Crippen LogP contribution in [0.5, 0.6) is 5.75 Å². The Labute approximate surface area is 182 Å². The smallest absolute Gasteiger partial charge is 0.267 e. The molecule has 0 fully saturated rings. The third kappa shape index (κ3) is 4.52. The molecule has 1 aromatic heterocycles. The van der Waals surface area contributed by atoms with E-state index in [0.717, 1.165) is 0 Å². The minimum atomic E-state index is -3.78. The van der Waals surface area contributed by atoms with Gasteiger partial charge >= 0.3 is 0 Å². The molecule has 1 aliphatic rings. The minimum Gasteiger partial charge on any atom is -0.476 e. The molecule has 9 nitrogen and oxygen atoms in total. The fourth-order valence-electron chi connectivity index (χ4n) is 3.06. The zero-order valence-electron chi connectivity index (χ0n) is 16.3. The van der Waals surface area contributed by atoms with Gasteiger partial charge in [-0.05, 0) is 36.4 Å². The lowest BCUT2D eigenvalue weighted by molar-refractivity contribution is -0.123. The number of carbonyl (C=O) groups is 2. The summed E-state index contributed by atoms with van der Waals surface area (Å²) >= 11 is 1.17. The van der Waals surface area contributed by atoms with Crippen molar-refractivity contribution in [2.45, 2.75) is 17.9 Å². The lowest BCUT2D eigenvalue weighted by Gasteiger charge is -2.33. The van der Waals surface area contributed by atoms with Crippen molar-refractivity contribution in [3.8, 4) is 5.75 Å². The number of ether oxygens (including phenoxy) is 1. The number of hydrogen-bond acceptors (Lipinski definition) is 7. The summed E-state index contributed by atoms with van der Waals surface area (Å²) in [6.07, 6.45) is 0.592. The summed E-state index contributed by atoms with van der Waals surface area (Å²) in [7, 11) is -3.78. The van der Waals surface area contributed by atoms with E-state index in [-0.39, 0.29) is 22.5 Å². The van der Waals surface area contributed by atoms with Crippen LogP contribution in [0.3, 0.4) is 0 Å². The maximum Gasteiger partial charge on any atom is 0.267 e. The highest BCUT2D eigenvalue weighted by molar-refractivity contribution is 7.93. The lowest BCUT2D eigenvalue weighted by Crippen LogP contribution is -2.48. The number of aromatic nitrogens is 1. The molecule has 0 spiro atoms. The predicted octanol–water partition coefficient (Wildman–Crippen LogP) is 2.70. The van der Waals surface area contributed by atoms with E-state index in [9.17, 15) is 18.0 Å². The van der Waals surface area contributed by atoms with Crippen molar-refractivity contribution in [1.29, 1.82) is 0 Å². The van der Waals surface area contributed by atoms with E-state index in [2.05, 4.69) is 15.0 Å². The first kappa shape index (κ1) is 20.8. The summed E-state index contributed by atoms with van der Waals surface area (Å²) in [6.45, 7) is 1.50. The molecule has 2 heterocycles. The molecule has 4 rings (SSSR count). The molecular weight excluding hydrogens is 440 g/mol.